The fourth-order valence-electron chi connectivity index (χ4n) is 2.95. The van der Waals surface area contributed by atoms with Gasteiger partial charge in [0.05, 0.1) is 5.52 Å². The second-order valence-electron chi connectivity index (χ2n) is 5.77. The van der Waals surface area contributed by atoms with Crippen molar-refractivity contribution in [3.8, 4) is 0 Å². The lowest BCUT2D eigenvalue weighted by Crippen LogP contribution is -2.19. The molecule has 0 bridgehead atoms. The molecule has 4 nitrogen and oxygen atoms in total. The molecule has 2 aromatic heterocycles. The first-order valence-corrected chi connectivity index (χ1v) is 8.65. The summed E-state index contributed by atoms with van der Waals surface area (Å²) in [6.45, 7) is 2.07. The number of nitrogens with zero attached hydrogens (tertiary/aromatic N) is 3. The van der Waals surface area contributed by atoms with Gasteiger partial charge in [0.1, 0.15) is 17.7 Å². The Morgan fingerprint density at radius 3 is 2.46 bits per heavy atom. The predicted molar refractivity (Wildman–Crippen MR) is 96.1 cm³/mol. The highest BCUT2D eigenvalue weighted by Crippen LogP contribution is 2.37. The third kappa shape index (κ3) is 2.62. The van der Waals surface area contributed by atoms with Crippen LogP contribution in [0.25, 0.3) is 11.0 Å². The van der Waals surface area contributed by atoms with E-state index in [0.717, 1.165) is 21.5 Å². The number of aliphatic hydroxyl groups is 1. The van der Waals surface area contributed by atoms with Crippen molar-refractivity contribution in [2.45, 2.75) is 19.1 Å². The van der Waals surface area contributed by atoms with Crippen LogP contribution >= 0.6 is 11.3 Å². The number of aromatic nitrogens is 3. The van der Waals surface area contributed by atoms with Crippen LogP contribution in [0.4, 0.5) is 0 Å². The Morgan fingerprint density at radius 2 is 1.71 bits per heavy atom. The first-order chi connectivity index (χ1) is 11.7. The maximum absolute atomic E-state index is 11.1. The normalized spacial score (nSPS) is 13.9. The van der Waals surface area contributed by atoms with Gasteiger partial charge in [-0.05, 0) is 36.8 Å². The molecule has 0 saturated heterocycles. The van der Waals surface area contributed by atoms with Crippen LogP contribution in [0.15, 0.2) is 66.7 Å². The molecule has 24 heavy (non-hydrogen) atoms. The van der Waals surface area contributed by atoms with Crippen LogP contribution in [0.3, 0.4) is 0 Å². The van der Waals surface area contributed by atoms with Crippen molar-refractivity contribution in [1.29, 1.82) is 0 Å². The third-order valence-corrected chi connectivity index (χ3v) is 5.21. The van der Waals surface area contributed by atoms with Gasteiger partial charge < -0.3 is 5.11 Å². The van der Waals surface area contributed by atoms with Gasteiger partial charge in [-0.15, -0.1) is 16.4 Å². The summed E-state index contributed by atoms with van der Waals surface area (Å²) >= 11 is 1.68. The number of fused-ring (bicyclic) bond motifs is 1. The van der Waals surface area contributed by atoms with Crippen LogP contribution in [0, 0.1) is 6.92 Å². The molecule has 4 aromatic rings. The Labute approximate surface area is 144 Å². The summed E-state index contributed by atoms with van der Waals surface area (Å²) in [5.74, 6) is 0. The molecule has 2 heterocycles. The number of hydrogen-bond acceptors (Lipinski definition) is 4. The second-order valence-corrected chi connectivity index (χ2v) is 7.09. The summed E-state index contributed by atoms with van der Waals surface area (Å²) in [6.07, 6.45) is -0.700. The first kappa shape index (κ1) is 15.1. The summed E-state index contributed by atoms with van der Waals surface area (Å²) in [7, 11) is 0. The second kappa shape index (κ2) is 6.19. The van der Waals surface area contributed by atoms with E-state index < -0.39 is 6.10 Å². The number of aryl methyl sites for hydroxylation is 1. The molecule has 0 radical (unpaired) electrons. The summed E-state index contributed by atoms with van der Waals surface area (Å²) in [6, 6.07) is 21.4. The van der Waals surface area contributed by atoms with Crippen LogP contribution < -0.4 is 0 Å². The fraction of sp³-hybridized carbons (Fsp3) is 0.158. The van der Waals surface area contributed by atoms with Crippen LogP contribution in [0.5, 0.6) is 0 Å². The van der Waals surface area contributed by atoms with Crippen molar-refractivity contribution in [3.63, 3.8) is 0 Å². The lowest BCUT2D eigenvalue weighted by atomic mass is 10.0. The van der Waals surface area contributed by atoms with Crippen LogP contribution in [0.1, 0.15) is 27.5 Å². The summed E-state index contributed by atoms with van der Waals surface area (Å²) in [4.78, 5) is 2.28. The number of hydrogen-bond donors (Lipinski definition) is 1. The van der Waals surface area contributed by atoms with Crippen LogP contribution in [0.2, 0.25) is 0 Å². The van der Waals surface area contributed by atoms with E-state index in [1.54, 1.807) is 11.3 Å². The number of para-hydroxylation sites is 1. The maximum Gasteiger partial charge on any atom is 0.118 e. The van der Waals surface area contributed by atoms with Crippen molar-refractivity contribution in [2.75, 3.05) is 0 Å². The fourth-order valence-corrected chi connectivity index (χ4v) is 3.94. The van der Waals surface area contributed by atoms with E-state index >= 15 is 0 Å². The molecule has 2 unspecified atom stereocenters. The molecule has 2 atom stereocenters. The summed E-state index contributed by atoms with van der Waals surface area (Å²) < 4.78 is 1.83. The number of benzene rings is 2. The van der Waals surface area contributed by atoms with Crippen molar-refractivity contribution in [1.82, 2.24) is 15.0 Å². The zero-order chi connectivity index (χ0) is 16.5. The van der Waals surface area contributed by atoms with Gasteiger partial charge in [0.15, 0.2) is 0 Å². The van der Waals surface area contributed by atoms with Crippen molar-refractivity contribution in [3.05, 3.63) is 82.0 Å². The van der Waals surface area contributed by atoms with E-state index in [1.807, 2.05) is 59.3 Å². The quantitative estimate of drug-likeness (QED) is 0.610. The van der Waals surface area contributed by atoms with Gasteiger partial charge in [-0.25, -0.2) is 4.68 Å². The zero-order valence-corrected chi connectivity index (χ0v) is 14.0. The minimum Gasteiger partial charge on any atom is -0.386 e. The van der Waals surface area contributed by atoms with Gasteiger partial charge in [-0.3, -0.25) is 0 Å². The summed E-state index contributed by atoms with van der Waals surface area (Å²) in [5, 5.41) is 19.7. The Bertz CT molecular complexity index is 961. The molecule has 4 rings (SSSR count). The standard InChI is InChI=1S/C19H17N3OS/c1-13-11-12-17(24-13)18(19(23)14-7-3-2-4-8-14)22-16-10-6-5-9-15(16)20-21-22/h2-12,18-19,23H,1H3. The number of rotatable bonds is 4. The molecular formula is C19H17N3OS. The number of thiophene rings is 1. The van der Waals surface area contributed by atoms with Gasteiger partial charge in [-0.1, -0.05) is 47.7 Å². The van der Waals surface area contributed by atoms with Crippen molar-refractivity contribution < 1.29 is 5.11 Å². The van der Waals surface area contributed by atoms with E-state index in [9.17, 15) is 5.11 Å². The molecule has 0 fully saturated rings. The van der Waals surface area contributed by atoms with E-state index in [0.29, 0.717) is 0 Å². The molecule has 2 aromatic carbocycles. The van der Waals surface area contributed by atoms with Crippen LogP contribution in [-0.2, 0) is 0 Å². The third-order valence-electron chi connectivity index (χ3n) is 4.13. The SMILES string of the molecule is Cc1ccc(C(C(O)c2ccccc2)n2nnc3ccccc32)s1. The molecule has 0 spiro atoms. The van der Waals surface area contributed by atoms with Crippen molar-refractivity contribution in [2.24, 2.45) is 0 Å². The average Bonchev–Trinajstić information content (AvgIpc) is 3.23. The molecular weight excluding hydrogens is 318 g/mol. The minimum atomic E-state index is -0.700. The van der Waals surface area contributed by atoms with Gasteiger partial charge >= 0.3 is 0 Å². The molecule has 1 N–H and O–H groups in total. The minimum absolute atomic E-state index is 0.307. The zero-order valence-electron chi connectivity index (χ0n) is 13.2. The maximum atomic E-state index is 11.1. The monoisotopic (exact) mass is 335 g/mol. The Hall–Kier alpha value is -2.50. The largest absolute Gasteiger partial charge is 0.386 e. The lowest BCUT2D eigenvalue weighted by molar-refractivity contribution is 0.128. The molecule has 0 aliphatic rings. The van der Waals surface area contributed by atoms with Crippen LogP contribution in [-0.4, -0.2) is 20.1 Å². The molecule has 5 heteroatoms. The Balaban J connectivity index is 1.88. The highest BCUT2D eigenvalue weighted by atomic mass is 32.1. The molecule has 0 aliphatic heterocycles. The van der Waals surface area contributed by atoms with Gasteiger partial charge in [0.2, 0.25) is 0 Å². The topological polar surface area (TPSA) is 50.9 Å². The van der Waals surface area contributed by atoms with E-state index in [1.165, 1.54) is 4.88 Å². The lowest BCUT2D eigenvalue weighted by Gasteiger charge is -2.23. The van der Waals surface area contributed by atoms with E-state index in [2.05, 4.69) is 29.4 Å². The first-order valence-electron chi connectivity index (χ1n) is 7.83. The Kier molecular flexibility index (Phi) is 3.88. The smallest absolute Gasteiger partial charge is 0.118 e. The molecule has 0 amide bonds. The predicted octanol–water partition coefficient (Wildman–Crippen LogP) is 4.12. The van der Waals surface area contributed by atoms with Gasteiger partial charge in [-0.2, -0.15) is 0 Å². The Morgan fingerprint density at radius 1 is 0.958 bits per heavy atom. The van der Waals surface area contributed by atoms with E-state index in [4.69, 9.17) is 0 Å². The molecule has 120 valence electrons. The summed E-state index contributed by atoms with van der Waals surface area (Å²) in [5.41, 5.74) is 2.62. The average molecular weight is 335 g/mol. The highest BCUT2D eigenvalue weighted by molar-refractivity contribution is 7.12. The van der Waals surface area contributed by atoms with Crippen molar-refractivity contribution >= 4 is 22.4 Å². The molecule has 0 saturated carbocycles. The highest BCUT2D eigenvalue weighted by Gasteiger charge is 2.28. The molecule has 0 aliphatic carbocycles. The number of aliphatic hydroxyl groups excluding tert-OH is 1. The van der Waals surface area contributed by atoms with Gasteiger partial charge in [0.25, 0.3) is 0 Å². The van der Waals surface area contributed by atoms with E-state index in [-0.39, 0.29) is 6.04 Å². The van der Waals surface area contributed by atoms with Gasteiger partial charge in [0, 0.05) is 9.75 Å².